The van der Waals surface area contributed by atoms with Crippen LogP contribution in [0.4, 0.5) is 22.0 Å². The van der Waals surface area contributed by atoms with Gasteiger partial charge in [-0.15, -0.1) is 0 Å². The second-order valence-corrected chi connectivity index (χ2v) is 3.70. The lowest BCUT2D eigenvalue weighted by Crippen LogP contribution is -2.12. The highest BCUT2D eigenvalue weighted by molar-refractivity contribution is 14.1. The van der Waals surface area contributed by atoms with Crippen molar-refractivity contribution in [2.24, 2.45) is 0 Å². The average Bonchev–Trinajstić information content (AvgIpc) is 2.14. The van der Waals surface area contributed by atoms with Crippen molar-refractivity contribution in [1.29, 1.82) is 5.26 Å². The van der Waals surface area contributed by atoms with Gasteiger partial charge in [-0.2, -0.15) is 18.4 Å². The van der Waals surface area contributed by atoms with Crippen LogP contribution in [-0.4, -0.2) is 4.98 Å². The van der Waals surface area contributed by atoms with Gasteiger partial charge < -0.3 is 0 Å². The van der Waals surface area contributed by atoms with Crippen LogP contribution in [0.5, 0.6) is 0 Å². The lowest BCUT2D eigenvalue weighted by molar-refractivity contribution is -0.138. The monoisotopic (exact) mass is 348 g/mol. The lowest BCUT2D eigenvalue weighted by atomic mass is 10.1. The molecule has 0 saturated carbocycles. The van der Waals surface area contributed by atoms with Crippen LogP contribution in [0.15, 0.2) is 6.07 Å². The second-order valence-electron chi connectivity index (χ2n) is 2.67. The van der Waals surface area contributed by atoms with Gasteiger partial charge in [0.2, 0.25) is 0 Å². The van der Waals surface area contributed by atoms with Gasteiger partial charge in [0.15, 0.2) is 5.69 Å². The highest BCUT2D eigenvalue weighted by Crippen LogP contribution is 2.35. The first-order chi connectivity index (χ1) is 7.27. The largest absolute Gasteiger partial charge is 0.419 e. The molecule has 0 radical (unpaired) electrons. The topological polar surface area (TPSA) is 36.7 Å². The smallest absolute Gasteiger partial charge is 0.230 e. The molecule has 0 aliphatic carbocycles. The number of aromatic nitrogens is 1. The highest BCUT2D eigenvalue weighted by Gasteiger charge is 2.36. The highest BCUT2D eigenvalue weighted by atomic mass is 127. The van der Waals surface area contributed by atoms with Crippen LogP contribution in [0.3, 0.4) is 0 Å². The van der Waals surface area contributed by atoms with E-state index in [0.717, 1.165) is 0 Å². The van der Waals surface area contributed by atoms with Crippen LogP contribution in [0, 0.1) is 15.0 Å². The molecule has 0 amide bonds. The average molecular weight is 348 g/mol. The van der Waals surface area contributed by atoms with E-state index >= 15 is 0 Å². The second kappa shape index (κ2) is 4.48. The molecule has 0 bridgehead atoms. The summed E-state index contributed by atoms with van der Waals surface area (Å²) in [6.07, 6.45) is -7.93. The number of hydrogen-bond acceptors (Lipinski definition) is 2. The summed E-state index contributed by atoms with van der Waals surface area (Å²) in [5.41, 5.74) is -3.17. The number of alkyl halides is 5. The van der Waals surface area contributed by atoms with Crippen molar-refractivity contribution in [3.8, 4) is 6.07 Å². The molecule has 8 heteroatoms. The Morgan fingerprint density at radius 2 is 1.94 bits per heavy atom. The molecule has 0 unspecified atom stereocenters. The fraction of sp³-hybridized carbons (Fsp3) is 0.250. The molecule has 0 aliphatic heterocycles. The first kappa shape index (κ1) is 13.1. The Balaban J connectivity index is 3.49. The van der Waals surface area contributed by atoms with E-state index in [0.29, 0.717) is 0 Å². The van der Waals surface area contributed by atoms with Gasteiger partial charge in [-0.3, -0.25) is 0 Å². The summed E-state index contributed by atoms with van der Waals surface area (Å²) in [6, 6.07) is 1.49. The van der Waals surface area contributed by atoms with Crippen molar-refractivity contribution >= 4 is 22.6 Å². The van der Waals surface area contributed by atoms with Crippen molar-refractivity contribution in [2.45, 2.75) is 12.6 Å². The minimum absolute atomic E-state index is 0.262. The van der Waals surface area contributed by atoms with E-state index in [1.807, 2.05) is 0 Å². The van der Waals surface area contributed by atoms with E-state index in [2.05, 4.69) is 4.98 Å². The number of nitrogens with zero attached hydrogens (tertiary/aromatic N) is 2. The molecule has 0 N–H and O–H groups in total. The molecule has 0 aromatic carbocycles. The molecule has 1 aromatic heterocycles. The molecule has 0 fully saturated rings. The van der Waals surface area contributed by atoms with Crippen LogP contribution >= 0.6 is 22.6 Å². The van der Waals surface area contributed by atoms with E-state index in [-0.39, 0.29) is 9.77 Å². The van der Waals surface area contributed by atoms with E-state index < -0.39 is 29.4 Å². The maximum Gasteiger partial charge on any atom is 0.419 e. The van der Waals surface area contributed by atoms with Crippen LogP contribution in [-0.2, 0) is 6.18 Å². The summed E-state index contributed by atoms with van der Waals surface area (Å²) in [6.45, 7) is 0. The molecule has 0 aliphatic rings. The van der Waals surface area contributed by atoms with Gasteiger partial charge in [0.25, 0.3) is 6.43 Å². The molecule has 2 nitrogen and oxygen atoms in total. The summed E-state index contributed by atoms with van der Waals surface area (Å²) in [5, 5.41) is 8.43. The fourth-order valence-corrected chi connectivity index (χ4v) is 1.59. The molecule has 1 aromatic rings. The van der Waals surface area contributed by atoms with Gasteiger partial charge in [0.1, 0.15) is 9.77 Å². The molecule has 0 spiro atoms. The minimum Gasteiger partial charge on any atom is -0.230 e. The third-order valence-electron chi connectivity index (χ3n) is 1.65. The van der Waals surface area contributed by atoms with Crippen molar-refractivity contribution in [3.05, 3.63) is 26.6 Å². The molecular formula is C8H2F5IN2. The van der Waals surface area contributed by atoms with Crippen LogP contribution in [0.1, 0.15) is 23.2 Å². The Bertz CT molecular complexity index is 449. The summed E-state index contributed by atoms with van der Waals surface area (Å²) < 4.78 is 61.5. The predicted molar refractivity (Wildman–Crippen MR) is 51.6 cm³/mol. The zero-order chi connectivity index (χ0) is 12.5. The fourth-order valence-electron chi connectivity index (χ4n) is 0.961. The lowest BCUT2D eigenvalue weighted by Gasteiger charge is -2.11. The van der Waals surface area contributed by atoms with E-state index in [1.165, 1.54) is 28.7 Å². The summed E-state index contributed by atoms with van der Waals surface area (Å²) in [4.78, 5) is 3.20. The summed E-state index contributed by atoms with van der Waals surface area (Å²) in [7, 11) is 0. The molecule has 86 valence electrons. The summed E-state index contributed by atoms with van der Waals surface area (Å²) in [5.74, 6) is 0. The van der Waals surface area contributed by atoms with Crippen molar-refractivity contribution in [2.75, 3.05) is 0 Å². The Labute approximate surface area is 100 Å². The molecular weight excluding hydrogens is 346 g/mol. The Morgan fingerprint density at radius 3 is 2.31 bits per heavy atom. The van der Waals surface area contributed by atoms with Gasteiger partial charge >= 0.3 is 6.18 Å². The van der Waals surface area contributed by atoms with Crippen LogP contribution in [0.25, 0.3) is 0 Å². The molecule has 0 atom stereocenters. The quantitative estimate of drug-likeness (QED) is 0.443. The van der Waals surface area contributed by atoms with Gasteiger partial charge in [-0.05, 0) is 28.7 Å². The standard InChI is InChI=1S/C8H2F5IN2/c9-6(10)3-1-4(8(11,12)13)5(2-15)16-7(3)14/h1,6H. The minimum atomic E-state index is -4.87. The van der Waals surface area contributed by atoms with E-state index in [1.54, 1.807) is 0 Å². The number of hydrogen-bond donors (Lipinski definition) is 0. The molecule has 1 heterocycles. The number of rotatable bonds is 1. The Hall–Kier alpha value is -0.980. The first-order valence-electron chi connectivity index (χ1n) is 3.73. The van der Waals surface area contributed by atoms with E-state index in [9.17, 15) is 22.0 Å². The van der Waals surface area contributed by atoms with Gasteiger partial charge in [0, 0.05) is 0 Å². The van der Waals surface area contributed by atoms with Crippen LogP contribution < -0.4 is 0 Å². The third-order valence-corrected chi connectivity index (χ3v) is 2.51. The third kappa shape index (κ3) is 2.58. The molecule has 0 saturated heterocycles. The Kier molecular flexibility index (Phi) is 3.67. The summed E-state index contributed by atoms with van der Waals surface area (Å²) >= 11 is 1.36. The van der Waals surface area contributed by atoms with Crippen molar-refractivity contribution in [1.82, 2.24) is 4.98 Å². The maximum atomic E-state index is 12.4. The SMILES string of the molecule is N#Cc1nc(I)c(C(F)F)cc1C(F)(F)F. The predicted octanol–water partition coefficient (Wildman–Crippen LogP) is 3.51. The zero-order valence-corrected chi connectivity index (χ0v) is 9.47. The first-order valence-corrected chi connectivity index (χ1v) is 4.81. The van der Waals surface area contributed by atoms with Gasteiger partial charge in [-0.1, -0.05) is 0 Å². The van der Waals surface area contributed by atoms with E-state index in [4.69, 9.17) is 5.26 Å². The normalized spacial score (nSPS) is 11.6. The van der Waals surface area contributed by atoms with Crippen molar-refractivity contribution < 1.29 is 22.0 Å². The van der Waals surface area contributed by atoms with Gasteiger partial charge in [0.05, 0.1) is 11.1 Å². The van der Waals surface area contributed by atoms with Gasteiger partial charge in [-0.25, -0.2) is 13.8 Å². The zero-order valence-electron chi connectivity index (χ0n) is 7.32. The maximum absolute atomic E-state index is 12.4. The van der Waals surface area contributed by atoms with Crippen molar-refractivity contribution in [3.63, 3.8) is 0 Å². The van der Waals surface area contributed by atoms with Crippen LogP contribution in [0.2, 0.25) is 0 Å². The number of nitriles is 1. The number of halogens is 6. The molecule has 1 rings (SSSR count). The Morgan fingerprint density at radius 1 is 1.38 bits per heavy atom. The molecule has 16 heavy (non-hydrogen) atoms. The number of pyridine rings is 1.